The summed E-state index contributed by atoms with van der Waals surface area (Å²) in [5.74, 6) is 1.16. The summed E-state index contributed by atoms with van der Waals surface area (Å²) in [6, 6.07) is 11.6. The predicted molar refractivity (Wildman–Crippen MR) is 76.6 cm³/mol. The third-order valence-corrected chi connectivity index (χ3v) is 3.18. The van der Waals surface area contributed by atoms with Crippen molar-refractivity contribution in [3.05, 3.63) is 59.4 Å². The Morgan fingerprint density at radius 3 is 2.55 bits per heavy atom. The fourth-order valence-corrected chi connectivity index (χ4v) is 2.16. The third kappa shape index (κ3) is 3.27. The number of hydrogen-bond acceptors (Lipinski definition) is 3. The largest absolute Gasteiger partial charge is 0.497 e. The fourth-order valence-electron chi connectivity index (χ4n) is 2.16. The number of nitrogens with two attached hydrogens (primary N) is 1. The van der Waals surface area contributed by atoms with E-state index in [0.717, 1.165) is 16.9 Å². The van der Waals surface area contributed by atoms with E-state index in [2.05, 4.69) is 0 Å². The molecule has 0 aliphatic heterocycles. The molecule has 1 unspecified atom stereocenters. The van der Waals surface area contributed by atoms with Gasteiger partial charge in [-0.1, -0.05) is 12.1 Å². The first-order valence-corrected chi connectivity index (χ1v) is 6.36. The minimum absolute atomic E-state index is 0.257. The molecule has 106 valence electrons. The van der Waals surface area contributed by atoms with Crippen LogP contribution in [-0.4, -0.2) is 14.2 Å². The summed E-state index contributed by atoms with van der Waals surface area (Å²) in [6.45, 7) is 0. The van der Waals surface area contributed by atoms with Gasteiger partial charge in [-0.25, -0.2) is 4.39 Å². The zero-order valence-electron chi connectivity index (χ0n) is 11.6. The van der Waals surface area contributed by atoms with Crippen molar-refractivity contribution >= 4 is 0 Å². The summed E-state index contributed by atoms with van der Waals surface area (Å²) in [4.78, 5) is 0. The van der Waals surface area contributed by atoms with Gasteiger partial charge in [0.15, 0.2) is 0 Å². The van der Waals surface area contributed by atoms with E-state index in [1.807, 2.05) is 24.3 Å². The first-order valence-electron chi connectivity index (χ1n) is 6.36. The first-order chi connectivity index (χ1) is 9.63. The fraction of sp³-hybridized carbons (Fsp3) is 0.250. The second-order valence-corrected chi connectivity index (χ2v) is 4.55. The van der Waals surface area contributed by atoms with Gasteiger partial charge in [-0.05, 0) is 42.3 Å². The molecular weight excluding hydrogens is 257 g/mol. The summed E-state index contributed by atoms with van der Waals surface area (Å²) in [5, 5.41) is 0. The van der Waals surface area contributed by atoms with E-state index >= 15 is 0 Å². The minimum Gasteiger partial charge on any atom is -0.497 e. The average molecular weight is 275 g/mol. The van der Waals surface area contributed by atoms with Crippen LogP contribution in [0, 0.1) is 5.82 Å². The van der Waals surface area contributed by atoms with Crippen LogP contribution < -0.4 is 15.2 Å². The summed E-state index contributed by atoms with van der Waals surface area (Å²) < 4.78 is 23.7. The van der Waals surface area contributed by atoms with Crippen LogP contribution in [0.1, 0.15) is 17.2 Å². The standard InChI is InChI=1S/C16H18FNO2/c1-19-13-6-7-16(20-2)14(10-13)15(18)9-11-4-3-5-12(17)8-11/h3-8,10,15H,9,18H2,1-2H3. The Bertz CT molecular complexity index is 586. The van der Waals surface area contributed by atoms with Crippen LogP contribution in [0.2, 0.25) is 0 Å². The number of rotatable bonds is 5. The second-order valence-electron chi connectivity index (χ2n) is 4.55. The van der Waals surface area contributed by atoms with Crippen molar-refractivity contribution < 1.29 is 13.9 Å². The lowest BCUT2D eigenvalue weighted by molar-refractivity contribution is 0.395. The van der Waals surface area contributed by atoms with Gasteiger partial charge in [0.25, 0.3) is 0 Å². The number of halogens is 1. The van der Waals surface area contributed by atoms with E-state index in [0.29, 0.717) is 12.2 Å². The summed E-state index contributed by atoms with van der Waals surface area (Å²) in [5.41, 5.74) is 7.91. The van der Waals surface area contributed by atoms with Crippen LogP contribution in [0.5, 0.6) is 11.5 Å². The van der Waals surface area contributed by atoms with Crippen LogP contribution in [0.4, 0.5) is 4.39 Å². The number of ether oxygens (including phenoxy) is 2. The summed E-state index contributed by atoms with van der Waals surface area (Å²) in [6.07, 6.45) is 0.529. The maximum Gasteiger partial charge on any atom is 0.123 e. The molecular formula is C16H18FNO2. The molecule has 0 fully saturated rings. The molecule has 2 aromatic carbocycles. The molecule has 2 rings (SSSR count). The lowest BCUT2D eigenvalue weighted by Gasteiger charge is -2.17. The van der Waals surface area contributed by atoms with E-state index in [-0.39, 0.29) is 11.9 Å². The zero-order valence-corrected chi connectivity index (χ0v) is 11.6. The molecule has 20 heavy (non-hydrogen) atoms. The average Bonchev–Trinajstić information content (AvgIpc) is 2.46. The van der Waals surface area contributed by atoms with Crippen LogP contribution in [0.15, 0.2) is 42.5 Å². The highest BCUT2D eigenvalue weighted by Gasteiger charge is 2.14. The molecule has 0 aliphatic rings. The molecule has 0 saturated heterocycles. The van der Waals surface area contributed by atoms with E-state index in [1.54, 1.807) is 20.3 Å². The number of hydrogen-bond donors (Lipinski definition) is 1. The lowest BCUT2D eigenvalue weighted by Crippen LogP contribution is -2.14. The van der Waals surface area contributed by atoms with Gasteiger partial charge in [-0.15, -0.1) is 0 Å². The molecule has 2 N–H and O–H groups in total. The molecule has 0 aliphatic carbocycles. The van der Waals surface area contributed by atoms with E-state index < -0.39 is 0 Å². The monoisotopic (exact) mass is 275 g/mol. The molecule has 2 aromatic rings. The molecule has 0 saturated carbocycles. The molecule has 0 radical (unpaired) electrons. The normalized spacial score (nSPS) is 12.0. The Morgan fingerprint density at radius 1 is 1.10 bits per heavy atom. The molecule has 1 atom stereocenters. The van der Waals surface area contributed by atoms with Gasteiger partial charge in [-0.2, -0.15) is 0 Å². The molecule has 3 nitrogen and oxygen atoms in total. The van der Waals surface area contributed by atoms with Crippen LogP contribution >= 0.6 is 0 Å². The smallest absolute Gasteiger partial charge is 0.123 e. The number of benzene rings is 2. The molecule has 0 bridgehead atoms. The maximum atomic E-state index is 13.2. The summed E-state index contributed by atoms with van der Waals surface area (Å²) in [7, 11) is 3.20. The third-order valence-electron chi connectivity index (χ3n) is 3.18. The van der Waals surface area contributed by atoms with Crippen LogP contribution in [-0.2, 0) is 6.42 Å². The lowest BCUT2D eigenvalue weighted by atomic mass is 9.98. The number of methoxy groups -OCH3 is 2. The van der Waals surface area contributed by atoms with Crippen molar-refractivity contribution in [1.29, 1.82) is 0 Å². The Balaban J connectivity index is 2.25. The van der Waals surface area contributed by atoms with Gasteiger partial charge in [0.1, 0.15) is 17.3 Å². The highest BCUT2D eigenvalue weighted by atomic mass is 19.1. The van der Waals surface area contributed by atoms with Crippen molar-refractivity contribution in [2.45, 2.75) is 12.5 Å². The molecule has 0 amide bonds. The Morgan fingerprint density at radius 2 is 1.90 bits per heavy atom. The van der Waals surface area contributed by atoms with Crippen LogP contribution in [0.3, 0.4) is 0 Å². The van der Waals surface area contributed by atoms with E-state index in [4.69, 9.17) is 15.2 Å². The Kier molecular flexibility index (Phi) is 4.58. The maximum absolute atomic E-state index is 13.2. The van der Waals surface area contributed by atoms with Crippen molar-refractivity contribution in [2.24, 2.45) is 5.73 Å². The van der Waals surface area contributed by atoms with Crippen molar-refractivity contribution in [2.75, 3.05) is 14.2 Å². The van der Waals surface area contributed by atoms with Gasteiger partial charge in [-0.3, -0.25) is 0 Å². The van der Waals surface area contributed by atoms with Gasteiger partial charge in [0, 0.05) is 11.6 Å². The molecule has 0 aromatic heterocycles. The van der Waals surface area contributed by atoms with Crippen molar-refractivity contribution in [3.8, 4) is 11.5 Å². The second kappa shape index (κ2) is 6.39. The van der Waals surface area contributed by atoms with Crippen LogP contribution in [0.25, 0.3) is 0 Å². The highest BCUT2D eigenvalue weighted by molar-refractivity contribution is 5.42. The molecule has 0 heterocycles. The highest BCUT2D eigenvalue weighted by Crippen LogP contribution is 2.30. The minimum atomic E-state index is -0.290. The van der Waals surface area contributed by atoms with Gasteiger partial charge in [0.05, 0.1) is 14.2 Å². The van der Waals surface area contributed by atoms with Gasteiger partial charge >= 0.3 is 0 Å². The predicted octanol–water partition coefficient (Wildman–Crippen LogP) is 3.09. The zero-order chi connectivity index (χ0) is 14.5. The van der Waals surface area contributed by atoms with Crippen molar-refractivity contribution in [1.82, 2.24) is 0 Å². The van der Waals surface area contributed by atoms with E-state index in [1.165, 1.54) is 12.1 Å². The van der Waals surface area contributed by atoms with Gasteiger partial charge in [0.2, 0.25) is 0 Å². The quantitative estimate of drug-likeness (QED) is 0.912. The SMILES string of the molecule is COc1ccc(OC)c(C(N)Cc2cccc(F)c2)c1. The Hall–Kier alpha value is -2.07. The topological polar surface area (TPSA) is 44.5 Å². The molecule has 4 heteroatoms. The molecule has 0 spiro atoms. The first kappa shape index (κ1) is 14.3. The summed E-state index contributed by atoms with van der Waals surface area (Å²) >= 11 is 0. The van der Waals surface area contributed by atoms with Crippen molar-refractivity contribution in [3.63, 3.8) is 0 Å². The van der Waals surface area contributed by atoms with E-state index in [9.17, 15) is 4.39 Å². The Labute approximate surface area is 118 Å². The van der Waals surface area contributed by atoms with Gasteiger partial charge < -0.3 is 15.2 Å².